The highest BCUT2D eigenvalue weighted by Gasteiger charge is 2.35. The molecule has 5 nitrogen and oxygen atoms in total. The second-order valence-electron chi connectivity index (χ2n) is 4.41. The Morgan fingerprint density at radius 1 is 1.29 bits per heavy atom. The van der Waals surface area contributed by atoms with E-state index in [-0.39, 0.29) is 11.8 Å². The summed E-state index contributed by atoms with van der Waals surface area (Å²) in [5, 5.41) is 3.29. The molecular formula is C12H13N3O2. The molecule has 2 amide bonds. The van der Waals surface area contributed by atoms with Crippen LogP contribution in [-0.4, -0.2) is 40.8 Å². The number of carbonyl (C=O) groups excluding carboxylic acids is 2. The van der Waals surface area contributed by atoms with Crippen LogP contribution in [0.4, 0.5) is 0 Å². The first-order chi connectivity index (χ1) is 8.27. The van der Waals surface area contributed by atoms with E-state index in [4.69, 9.17) is 0 Å². The zero-order valence-corrected chi connectivity index (χ0v) is 9.35. The highest BCUT2D eigenvalue weighted by atomic mass is 16.2. The lowest BCUT2D eigenvalue weighted by Gasteiger charge is -2.13. The molecule has 1 aromatic heterocycles. The summed E-state index contributed by atoms with van der Waals surface area (Å²) in [6.45, 7) is 1.10. The lowest BCUT2D eigenvalue weighted by atomic mass is 10.2. The number of carbonyl (C=O) groups is 2. The van der Waals surface area contributed by atoms with Crippen molar-refractivity contribution < 1.29 is 9.59 Å². The third kappa shape index (κ3) is 1.82. The summed E-state index contributed by atoms with van der Waals surface area (Å²) in [5.41, 5.74) is 0.889. The molecule has 1 aromatic rings. The van der Waals surface area contributed by atoms with Crippen LogP contribution in [0.15, 0.2) is 18.5 Å². The summed E-state index contributed by atoms with van der Waals surface area (Å²) in [5.74, 6) is -0.430. The first kappa shape index (κ1) is 10.4. The van der Waals surface area contributed by atoms with Crippen LogP contribution in [0.5, 0.6) is 0 Å². The van der Waals surface area contributed by atoms with Gasteiger partial charge in [0, 0.05) is 31.5 Å². The van der Waals surface area contributed by atoms with Gasteiger partial charge in [-0.05, 0) is 18.9 Å². The van der Waals surface area contributed by atoms with Crippen LogP contribution in [0.1, 0.15) is 33.6 Å². The van der Waals surface area contributed by atoms with Gasteiger partial charge < -0.3 is 5.32 Å². The Morgan fingerprint density at radius 3 is 2.76 bits per heavy atom. The molecule has 0 unspecified atom stereocenters. The number of fused-ring (bicyclic) bond motifs is 1. The van der Waals surface area contributed by atoms with Gasteiger partial charge >= 0.3 is 0 Å². The third-order valence-electron chi connectivity index (χ3n) is 3.12. The Bertz CT molecular complexity index is 447. The highest BCUT2D eigenvalue weighted by molar-refractivity contribution is 6.21. The minimum atomic E-state index is -0.226. The summed E-state index contributed by atoms with van der Waals surface area (Å²) in [6, 6.07) is 2.19. The molecule has 5 heteroatoms. The van der Waals surface area contributed by atoms with E-state index in [1.165, 1.54) is 30.1 Å². The van der Waals surface area contributed by atoms with Gasteiger partial charge in [-0.25, -0.2) is 0 Å². The monoisotopic (exact) mass is 231 g/mol. The minimum absolute atomic E-state index is 0.204. The van der Waals surface area contributed by atoms with Crippen molar-refractivity contribution in [3.63, 3.8) is 0 Å². The summed E-state index contributed by atoms with van der Waals surface area (Å²) < 4.78 is 0. The fourth-order valence-electron chi connectivity index (χ4n) is 2.01. The van der Waals surface area contributed by atoms with Crippen molar-refractivity contribution in [2.24, 2.45) is 0 Å². The van der Waals surface area contributed by atoms with Gasteiger partial charge in [-0.2, -0.15) is 0 Å². The molecule has 0 aromatic carbocycles. The first-order valence-electron chi connectivity index (χ1n) is 5.81. The van der Waals surface area contributed by atoms with Crippen LogP contribution in [0.25, 0.3) is 0 Å². The maximum atomic E-state index is 11.9. The Morgan fingerprint density at radius 2 is 2.06 bits per heavy atom. The first-order valence-corrected chi connectivity index (χ1v) is 5.81. The second-order valence-corrected chi connectivity index (χ2v) is 4.41. The van der Waals surface area contributed by atoms with E-state index < -0.39 is 0 Å². The van der Waals surface area contributed by atoms with E-state index in [2.05, 4.69) is 10.3 Å². The van der Waals surface area contributed by atoms with Crippen molar-refractivity contribution in [1.29, 1.82) is 0 Å². The van der Waals surface area contributed by atoms with E-state index in [1.807, 2.05) is 0 Å². The highest BCUT2D eigenvalue weighted by Crippen LogP contribution is 2.21. The quantitative estimate of drug-likeness (QED) is 0.763. The van der Waals surface area contributed by atoms with Crippen molar-refractivity contribution in [1.82, 2.24) is 15.2 Å². The number of nitrogens with zero attached hydrogens (tertiary/aromatic N) is 2. The molecule has 1 aliphatic carbocycles. The molecule has 0 saturated heterocycles. The van der Waals surface area contributed by atoms with E-state index in [1.54, 1.807) is 6.07 Å². The summed E-state index contributed by atoms with van der Waals surface area (Å²) in [7, 11) is 0. The van der Waals surface area contributed by atoms with Gasteiger partial charge in [0.25, 0.3) is 11.8 Å². The maximum Gasteiger partial charge on any atom is 0.263 e. The number of amides is 2. The fraction of sp³-hybridized carbons (Fsp3) is 0.417. The van der Waals surface area contributed by atoms with Gasteiger partial charge in [-0.1, -0.05) is 0 Å². The average Bonchev–Trinajstić information content (AvgIpc) is 3.13. The summed E-state index contributed by atoms with van der Waals surface area (Å²) in [4.78, 5) is 29.1. The van der Waals surface area contributed by atoms with Gasteiger partial charge in [-0.3, -0.25) is 19.5 Å². The van der Waals surface area contributed by atoms with Crippen LogP contribution < -0.4 is 5.32 Å². The molecule has 0 spiro atoms. The molecular weight excluding hydrogens is 218 g/mol. The van der Waals surface area contributed by atoms with Crippen LogP contribution in [0.2, 0.25) is 0 Å². The third-order valence-corrected chi connectivity index (χ3v) is 3.12. The maximum absolute atomic E-state index is 11.9. The van der Waals surface area contributed by atoms with E-state index in [9.17, 15) is 9.59 Å². The molecule has 2 heterocycles. The van der Waals surface area contributed by atoms with E-state index in [0.717, 1.165) is 0 Å². The molecule has 0 atom stereocenters. The Hall–Kier alpha value is -1.75. The predicted molar refractivity (Wildman–Crippen MR) is 60.6 cm³/mol. The molecule has 0 bridgehead atoms. The van der Waals surface area contributed by atoms with Crippen LogP contribution in [0, 0.1) is 0 Å². The van der Waals surface area contributed by atoms with Crippen LogP contribution in [0.3, 0.4) is 0 Å². The number of hydrogen-bond donors (Lipinski definition) is 1. The van der Waals surface area contributed by atoms with E-state index in [0.29, 0.717) is 30.3 Å². The van der Waals surface area contributed by atoms with Gasteiger partial charge in [0.15, 0.2) is 0 Å². The fourth-order valence-corrected chi connectivity index (χ4v) is 2.01. The topological polar surface area (TPSA) is 62.3 Å². The van der Waals surface area contributed by atoms with Gasteiger partial charge in [0.1, 0.15) is 0 Å². The number of rotatable bonds is 4. The molecule has 17 heavy (non-hydrogen) atoms. The zero-order chi connectivity index (χ0) is 11.8. The second kappa shape index (κ2) is 3.92. The average molecular weight is 231 g/mol. The molecule has 1 N–H and O–H groups in total. The van der Waals surface area contributed by atoms with Crippen LogP contribution in [-0.2, 0) is 0 Å². The van der Waals surface area contributed by atoms with Crippen molar-refractivity contribution in [2.75, 3.05) is 13.1 Å². The smallest absolute Gasteiger partial charge is 0.263 e. The number of aromatic nitrogens is 1. The van der Waals surface area contributed by atoms with Gasteiger partial charge in [0.2, 0.25) is 0 Å². The summed E-state index contributed by atoms with van der Waals surface area (Å²) >= 11 is 0. The van der Waals surface area contributed by atoms with Gasteiger partial charge in [0.05, 0.1) is 11.1 Å². The van der Waals surface area contributed by atoms with Crippen molar-refractivity contribution in [2.45, 2.75) is 18.9 Å². The lowest BCUT2D eigenvalue weighted by Crippen LogP contribution is -2.36. The molecule has 2 aliphatic rings. The zero-order valence-electron chi connectivity index (χ0n) is 9.35. The normalized spacial score (nSPS) is 18.7. The van der Waals surface area contributed by atoms with E-state index >= 15 is 0 Å². The standard InChI is InChI=1S/C12H13N3O2/c16-11-9-3-4-13-7-10(9)12(17)15(11)6-5-14-8-1-2-8/h3-4,7-8,14H,1-2,5-6H2. The van der Waals surface area contributed by atoms with Crippen molar-refractivity contribution in [3.05, 3.63) is 29.6 Å². The molecule has 1 fully saturated rings. The Kier molecular flexibility index (Phi) is 2.40. The minimum Gasteiger partial charge on any atom is -0.312 e. The van der Waals surface area contributed by atoms with Crippen molar-refractivity contribution in [3.8, 4) is 0 Å². The molecule has 88 valence electrons. The number of pyridine rings is 1. The predicted octanol–water partition coefficient (Wildman–Crippen LogP) is 0.430. The Labute approximate surface area is 98.8 Å². The van der Waals surface area contributed by atoms with Crippen molar-refractivity contribution >= 4 is 11.8 Å². The molecule has 0 radical (unpaired) electrons. The number of imide groups is 1. The van der Waals surface area contributed by atoms with Gasteiger partial charge in [-0.15, -0.1) is 0 Å². The van der Waals surface area contributed by atoms with Crippen LogP contribution >= 0.6 is 0 Å². The lowest BCUT2D eigenvalue weighted by molar-refractivity contribution is 0.0655. The SMILES string of the molecule is O=C1c2ccncc2C(=O)N1CCNC1CC1. The molecule has 3 rings (SSSR count). The molecule has 1 saturated carbocycles. The Balaban J connectivity index is 1.70. The molecule has 1 aliphatic heterocycles. The number of hydrogen-bond acceptors (Lipinski definition) is 4. The largest absolute Gasteiger partial charge is 0.312 e. The summed E-state index contributed by atoms with van der Waals surface area (Å²) in [6.07, 6.45) is 5.40. The number of nitrogens with one attached hydrogen (secondary N) is 1.